The Morgan fingerprint density at radius 3 is 2.71 bits per heavy atom. The Kier molecular flexibility index (Phi) is 5.40. The van der Waals surface area contributed by atoms with E-state index in [-0.39, 0.29) is 12.4 Å². The zero-order valence-electron chi connectivity index (χ0n) is 9.40. The molecule has 0 fully saturated rings. The molecule has 0 aliphatic carbocycles. The highest BCUT2D eigenvalue weighted by Crippen LogP contribution is 2.17. The van der Waals surface area contributed by atoms with Gasteiger partial charge in [0.15, 0.2) is 0 Å². The number of carboxylic acid groups (broad SMARTS) is 1. The molecule has 0 spiro atoms. The van der Waals surface area contributed by atoms with E-state index in [9.17, 15) is 9.59 Å². The zero-order valence-corrected chi connectivity index (χ0v) is 11.6. The summed E-state index contributed by atoms with van der Waals surface area (Å²) in [4.78, 5) is 22.0. The van der Waals surface area contributed by atoms with Crippen LogP contribution in [-0.2, 0) is 16.0 Å². The molecule has 0 radical (unpaired) electrons. The largest absolute Gasteiger partial charge is 0.481 e. The first kappa shape index (κ1) is 14.0. The number of hydrogen-bond donors (Lipinski definition) is 1. The van der Waals surface area contributed by atoms with Crippen molar-refractivity contribution in [2.75, 3.05) is 6.61 Å². The molecule has 0 saturated heterocycles. The first-order chi connectivity index (χ1) is 8.04. The van der Waals surface area contributed by atoms with E-state index in [1.807, 2.05) is 0 Å². The Morgan fingerprint density at radius 1 is 1.41 bits per heavy atom. The molecule has 5 heteroatoms. The van der Waals surface area contributed by atoms with E-state index < -0.39 is 5.97 Å². The summed E-state index contributed by atoms with van der Waals surface area (Å²) < 4.78 is 5.85. The predicted molar refractivity (Wildman–Crippen MR) is 71.1 cm³/mol. The van der Waals surface area contributed by atoms with Crippen LogP contribution in [0, 0.1) is 3.57 Å². The molecule has 0 unspecified atom stereocenters. The molecule has 1 rings (SSSR count). The fraction of sp³-hybridized carbons (Fsp3) is 0.333. The van der Waals surface area contributed by atoms with Crippen molar-refractivity contribution < 1.29 is 19.4 Å². The molecule has 92 valence electrons. The topological polar surface area (TPSA) is 63.6 Å². The molecule has 0 atom stereocenters. The lowest BCUT2D eigenvalue weighted by molar-refractivity contribution is -0.136. The lowest BCUT2D eigenvalue weighted by Gasteiger charge is -2.06. The van der Waals surface area contributed by atoms with Crippen LogP contribution in [0.1, 0.15) is 29.3 Å². The third-order valence-corrected chi connectivity index (χ3v) is 3.22. The molecule has 0 aliphatic rings. The molecule has 17 heavy (non-hydrogen) atoms. The highest BCUT2D eigenvalue weighted by Gasteiger charge is 2.10. The van der Waals surface area contributed by atoms with E-state index in [1.165, 1.54) is 0 Å². The number of esters is 1. The molecule has 1 N–H and O–H groups in total. The van der Waals surface area contributed by atoms with Crippen LogP contribution in [0.2, 0.25) is 0 Å². The van der Waals surface area contributed by atoms with Crippen molar-refractivity contribution in [2.24, 2.45) is 0 Å². The second-order valence-electron chi connectivity index (χ2n) is 3.42. The van der Waals surface area contributed by atoms with Gasteiger partial charge in [0.05, 0.1) is 12.2 Å². The van der Waals surface area contributed by atoms with E-state index in [4.69, 9.17) is 9.84 Å². The summed E-state index contributed by atoms with van der Waals surface area (Å²) in [6, 6.07) is 5.18. The van der Waals surface area contributed by atoms with Crippen molar-refractivity contribution in [1.29, 1.82) is 0 Å². The number of carbonyl (C=O) groups excluding carboxylic acids is 1. The maximum absolute atomic E-state index is 11.5. The van der Waals surface area contributed by atoms with Crippen molar-refractivity contribution in [3.63, 3.8) is 0 Å². The monoisotopic (exact) mass is 348 g/mol. The van der Waals surface area contributed by atoms with Crippen molar-refractivity contribution in [3.8, 4) is 0 Å². The van der Waals surface area contributed by atoms with Crippen LogP contribution in [0.3, 0.4) is 0 Å². The Balaban J connectivity index is 2.86. The average Bonchev–Trinajstić information content (AvgIpc) is 2.28. The van der Waals surface area contributed by atoms with Gasteiger partial charge in [-0.2, -0.15) is 0 Å². The van der Waals surface area contributed by atoms with Gasteiger partial charge in [-0.15, -0.1) is 0 Å². The molecule has 0 aliphatic heterocycles. The lowest BCUT2D eigenvalue weighted by atomic mass is 10.1. The van der Waals surface area contributed by atoms with Gasteiger partial charge in [0.25, 0.3) is 0 Å². The lowest BCUT2D eigenvalue weighted by Crippen LogP contribution is -2.06. The van der Waals surface area contributed by atoms with Crippen LogP contribution in [0.15, 0.2) is 18.2 Å². The van der Waals surface area contributed by atoms with Gasteiger partial charge in [0.1, 0.15) is 0 Å². The Bertz CT molecular complexity index is 429. The first-order valence-electron chi connectivity index (χ1n) is 5.22. The SMILES string of the molecule is CCOC(=O)c1ccc(I)c(CCC(=O)O)c1. The quantitative estimate of drug-likeness (QED) is 0.656. The maximum atomic E-state index is 11.5. The molecule has 0 aromatic heterocycles. The van der Waals surface area contributed by atoms with E-state index in [1.54, 1.807) is 25.1 Å². The highest BCUT2D eigenvalue weighted by atomic mass is 127. The van der Waals surface area contributed by atoms with Crippen molar-refractivity contribution in [2.45, 2.75) is 19.8 Å². The minimum absolute atomic E-state index is 0.0578. The van der Waals surface area contributed by atoms with Gasteiger partial charge in [-0.25, -0.2) is 4.79 Å². The third-order valence-electron chi connectivity index (χ3n) is 2.17. The highest BCUT2D eigenvalue weighted by molar-refractivity contribution is 14.1. The summed E-state index contributed by atoms with van der Waals surface area (Å²) in [6.07, 6.45) is 0.475. The smallest absolute Gasteiger partial charge is 0.338 e. The number of carbonyl (C=O) groups is 2. The third kappa shape index (κ3) is 4.33. The zero-order chi connectivity index (χ0) is 12.8. The van der Waals surface area contributed by atoms with Gasteiger partial charge in [-0.05, 0) is 59.7 Å². The number of halogens is 1. The number of hydrogen-bond acceptors (Lipinski definition) is 3. The second-order valence-corrected chi connectivity index (χ2v) is 4.58. The van der Waals surface area contributed by atoms with Gasteiger partial charge in [0.2, 0.25) is 0 Å². The van der Waals surface area contributed by atoms with E-state index >= 15 is 0 Å². The molecular formula is C12H13IO4. The summed E-state index contributed by atoms with van der Waals surface area (Å²) >= 11 is 2.12. The van der Waals surface area contributed by atoms with Crippen LogP contribution in [-0.4, -0.2) is 23.7 Å². The number of carboxylic acids is 1. The summed E-state index contributed by atoms with van der Waals surface area (Å²) in [6.45, 7) is 2.07. The molecule has 0 heterocycles. The van der Waals surface area contributed by atoms with Crippen LogP contribution in [0.4, 0.5) is 0 Å². The maximum Gasteiger partial charge on any atom is 0.338 e. The number of aryl methyl sites for hydroxylation is 1. The van der Waals surface area contributed by atoms with E-state index in [0.29, 0.717) is 18.6 Å². The molecule has 0 amide bonds. The van der Waals surface area contributed by atoms with Crippen molar-refractivity contribution in [3.05, 3.63) is 32.9 Å². The normalized spacial score (nSPS) is 10.0. The Labute approximate surface area is 113 Å². The molecule has 1 aromatic carbocycles. The van der Waals surface area contributed by atoms with Gasteiger partial charge in [-0.3, -0.25) is 4.79 Å². The minimum Gasteiger partial charge on any atom is -0.481 e. The molecule has 0 saturated carbocycles. The van der Waals surface area contributed by atoms with Crippen LogP contribution >= 0.6 is 22.6 Å². The van der Waals surface area contributed by atoms with Gasteiger partial charge in [0, 0.05) is 9.99 Å². The predicted octanol–water partition coefficient (Wildman–Crippen LogP) is 2.49. The summed E-state index contributed by atoms with van der Waals surface area (Å²) in [5.74, 6) is -1.22. The molecule has 0 bridgehead atoms. The molecule has 1 aromatic rings. The summed E-state index contributed by atoms with van der Waals surface area (Å²) in [7, 11) is 0. The number of ether oxygens (including phenoxy) is 1. The Hall–Kier alpha value is -1.11. The molecule has 4 nitrogen and oxygen atoms in total. The fourth-order valence-corrected chi connectivity index (χ4v) is 1.95. The van der Waals surface area contributed by atoms with Crippen LogP contribution < -0.4 is 0 Å². The van der Waals surface area contributed by atoms with Crippen molar-refractivity contribution >= 4 is 34.5 Å². The summed E-state index contributed by atoms with van der Waals surface area (Å²) in [5, 5.41) is 8.63. The first-order valence-corrected chi connectivity index (χ1v) is 6.29. The standard InChI is InChI=1S/C12H13IO4/c1-2-17-12(16)9-3-5-10(13)8(7-9)4-6-11(14)15/h3,5,7H,2,4,6H2,1H3,(H,14,15). The van der Waals surface area contributed by atoms with Crippen LogP contribution in [0.25, 0.3) is 0 Å². The fourth-order valence-electron chi connectivity index (χ4n) is 1.35. The molecular weight excluding hydrogens is 335 g/mol. The van der Waals surface area contributed by atoms with Gasteiger partial charge >= 0.3 is 11.9 Å². The van der Waals surface area contributed by atoms with E-state index in [0.717, 1.165) is 9.13 Å². The number of rotatable bonds is 5. The number of aliphatic carboxylic acids is 1. The van der Waals surface area contributed by atoms with Gasteiger partial charge in [-0.1, -0.05) is 0 Å². The Morgan fingerprint density at radius 2 is 2.12 bits per heavy atom. The number of benzene rings is 1. The van der Waals surface area contributed by atoms with Gasteiger partial charge < -0.3 is 9.84 Å². The van der Waals surface area contributed by atoms with Crippen molar-refractivity contribution in [1.82, 2.24) is 0 Å². The van der Waals surface area contributed by atoms with E-state index in [2.05, 4.69) is 22.6 Å². The van der Waals surface area contributed by atoms with Crippen LogP contribution in [0.5, 0.6) is 0 Å². The minimum atomic E-state index is -0.845. The second kappa shape index (κ2) is 6.58. The summed E-state index contributed by atoms with van der Waals surface area (Å²) in [5.41, 5.74) is 1.33. The average molecular weight is 348 g/mol.